The van der Waals surface area contributed by atoms with Gasteiger partial charge in [0.25, 0.3) is 5.91 Å². The smallest absolute Gasteiger partial charge is 0.251 e. The average molecular weight is 317 g/mol. The molecule has 0 fully saturated rings. The molecule has 0 radical (unpaired) electrons. The predicted molar refractivity (Wildman–Crippen MR) is 95.8 cm³/mol. The van der Waals surface area contributed by atoms with Crippen LogP contribution < -0.4 is 5.32 Å². The Morgan fingerprint density at radius 2 is 1.96 bits per heavy atom. The number of terminal acetylenes is 1. The standard InChI is InChI=1S/C20H19N3O/c1-3-14-23-18-11-7-6-10-17(18)22-19(23)12-13-21-20(24)16-9-5-4-8-15(16)2/h1,4-11H,12-14H2,2H3,(H,21,24). The van der Waals surface area contributed by atoms with E-state index < -0.39 is 0 Å². The molecule has 2 aromatic carbocycles. The van der Waals surface area contributed by atoms with Crippen molar-refractivity contribution in [1.82, 2.24) is 14.9 Å². The second-order valence-electron chi connectivity index (χ2n) is 5.63. The molecule has 0 atom stereocenters. The summed E-state index contributed by atoms with van der Waals surface area (Å²) in [7, 11) is 0. The van der Waals surface area contributed by atoms with Gasteiger partial charge in [-0.2, -0.15) is 0 Å². The molecule has 0 bridgehead atoms. The summed E-state index contributed by atoms with van der Waals surface area (Å²) in [5.41, 5.74) is 3.62. The fourth-order valence-electron chi connectivity index (χ4n) is 2.79. The van der Waals surface area contributed by atoms with Crippen LogP contribution in [0.3, 0.4) is 0 Å². The summed E-state index contributed by atoms with van der Waals surface area (Å²) in [5.74, 6) is 3.50. The molecular weight excluding hydrogens is 298 g/mol. The van der Waals surface area contributed by atoms with E-state index in [2.05, 4.69) is 16.2 Å². The third-order valence-corrected chi connectivity index (χ3v) is 4.01. The van der Waals surface area contributed by atoms with Gasteiger partial charge in [-0.15, -0.1) is 6.42 Å². The lowest BCUT2D eigenvalue weighted by atomic mass is 10.1. The van der Waals surface area contributed by atoms with Gasteiger partial charge in [0.1, 0.15) is 5.82 Å². The Bertz CT molecular complexity index is 918. The van der Waals surface area contributed by atoms with Gasteiger partial charge in [-0.25, -0.2) is 4.98 Å². The van der Waals surface area contributed by atoms with Crippen LogP contribution in [0.25, 0.3) is 11.0 Å². The van der Waals surface area contributed by atoms with Crippen molar-refractivity contribution in [3.8, 4) is 12.3 Å². The Morgan fingerprint density at radius 3 is 2.75 bits per heavy atom. The minimum atomic E-state index is -0.0623. The van der Waals surface area contributed by atoms with Crippen LogP contribution in [0.5, 0.6) is 0 Å². The number of fused-ring (bicyclic) bond motifs is 1. The van der Waals surface area contributed by atoms with E-state index >= 15 is 0 Å². The van der Waals surface area contributed by atoms with E-state index in [0.29, 0.717) is 25.1 Å². The van der Waals surface area contributed by atoms with Gasteiger partial charge in [0.05, 0.1) is 17.6 Å². The average Bonchev–Trinajstić information content (AvgIpc) is 2.93. The van der Waals surface area contributed by atoms with Crippen molar-refractivity contribution in [2.75, 3.05) is 6.54 Å². The van der Waals surface area contributed by atoms with E-state index in [1.54, 1.807) is 0 Å². The number of hydrogen-bond donors (Lipinski definition) is 1. The van der Waals surface area contributed by atoms with Crippen molar-refractivity contribution in [2.45, 2.75) is 19.9 Å². The Hall–Kier alpha value is -3.06. The maximum atomic E-state index is 12.3. The monoisotopic (exact) mass is 317 g/mol. The molecule has 0 saturated heterocycles. The van der Waals surface area contributed by atoms with Crippen LogP contribution in [0.15, 0.2) is 48.5 Å². The summed E-state index contributed by atoms with van der Waals surface area (Å²) in [6.07, 6.45) is 6.11. The molecular formula is C20H19N3O. The molecule has 0 aliphatic carbocycles. The second-order valence-corrected chi connectivity index (χ2v) is 5.63. The fraction of sp³-hybridized carbons (Fsp3) is 0.200. The number of carbonyl (C=O) groups excluding carboxylic acids is 1. The molecule has 4 nitrogen and oxygen atoms in total. The molecule has 3 rings (SSSR count). The molecule has 1 heterocycles. The number of imidazole rings is 1. The lowest BCUT2D eigenvalue weighted by Gasteiger charge is -2.08. The number of rotatable bonds is 5. The summed E-state index contributed by atoms with van der Waals surface area (Å²) in [6.45, 7) is 2.92. The predicted octanol–water partition coefficient (Wildman–Crippen LogP) is 2.95. The minimum absolute atomic E-state index is 0.0623. The van der Waals surface area contributed by atoms with Gasteiger partial charge >= 0.3 is 0 Å². The molecule has 0 saturated carbocycles. The molecule has 1 N–H and O–H groups in total. The first kappa shape index (κ1) is 15.8. The highest BCUT2D eigenvalue weighted by molar-refractivity contribution is 5.95. The first-order valence-electron chi connectivity index (χ1n) is 7.92. The van der Waals surface area contributed by atoms with Gasteiger partial charge in [-0.3, -0.25) is 4.79 Å². The molecule has 24 heavy (non-hydrogen) atoms. The van der Waals surface area contributed by atoms with Crippen LogP contribution in [0.1, 0.15) is 21.7 Å². The zero-order valence-electron chi connectivity index (χ0n) is 13.6. The summed E-state index contributed by atoms with van der Waals surface area (Å²) in [6, 6.07) is 15.5. The first-order chi connectivity index (χ1) is 11.7. The Labute approximate surface area is 141 Å². The maximum Gasteiger partial charge on any atom is 0.251 e. The van der Waals surface area contributed by atoms with Crippen molar-refractivity contribution < 1.29 is 4.79 Å². The van der Waals surface area contributed by atoms with E-state index in [1.165, 1.54) is 0 Å². The highest BCUT2D eigenvalue weighted by atomic mass is 16.1. The van der Waals surface area contributed by atoms with Crippen molar-refractivity contribution in [2.24, 2.45) is 0 Å². The third kappa shape index (κ3) is 3.16. The van der Waals surface area contributed by atoms with E-state index in [-0.39, 0.29) is 5.91 Å². The van der Waals surface area contributed by atoms with E-state index in [0.717, 1.165) is 22.4 Å². The molecule has 1 aromatic heterocycles. The number of hydrogen-bond acceptors (Lipinski definition) is 2. The van der Waals surface area contributed by atoms with Crippen LogP contribution in [0.2, 0.25) is 0 Å². The Balaban J connectivity index is 1.72. The first-order valence-corrected chi connectivity index (χ1v) is 7.92. The lowest BCUT2D eigenvalue weighted by molar-refractivity contribution is 0.0953. The SMILES string of the molecule is C#CCn1c(CCNC(=O)c2ccccc2C)nc2ccccc21. The van der Waals surface area contributed by atoms with Gasteiger partial charge in [0.2, 0.25) is 0 Å². The Kier molecular flexibility index (Phi) is 4.62. The van der Waals surface area contributed by atoms with Crippen LogP contribution in [-0.2, 0) is 13.0 Å². The topological polar surface area (TPSA) is 46.9 Å². The molecule has 0 unspecified atom stereocenters. The summed E-state index contributed by atoms with van der Waals surface area (Å²) in [4.78, 5) is 16.9. The van der Waals surface area contributed by atoms with E-state index in [9.17, 15) is 4.79 Å². The molecule has 0 spiro atoms. The van der Waals surface area contributed by atoms with Crippen LogP contribution in [0.4, 0.5) is 0 Å². The molecule has 3 aromatic rings. The number of benzene rings is 2. The molecule has 120 valence electrons. The van der Waals surface area contributed by atoms with E-state index in [1.807, 2.05) is 60.0 Å². The van der Waals surface area contributed by atoms with Crippen LogP contribution in [-0.4, -0.2) is 22.0 Å². The van der Waals surface area contributed by atoms with Gasteiger partial charge in [-0.1, -0.05) is 36.3 Å². The van der Waals surface area contributed by atoms with E-state index in [4.69, 9.17) is 6.42 Å². The van der Waals surface area contributed by atoms with Gasteiger partial charge in [0.15, 0.2) is 0 Å². The molecule has 0 aliphatic rings. The summed E-state index contributed by atoms with van der Waals surface area (Å²) < 4.78 is 2.02. The fourth-order valence-corrected chi connectivity index (χ4v) is 2.79. The van der Waals surface area contributed by atoms with Crippen molar-refractivity contribution in [1.29, 1.82) is 0 Å². The van der Waals surface area contributed by atoms with Crippen molar-refractivity contribution in [3.05, 3.63) is 65.5 Å². The highest BCUT2D eigenvalue weighted by Gasteiger charge is 2.11. The van der Waals surface area contributed by atoms with Crippen molar-refractivity contribution >= 4 is 16.9 Å². The molecule has 4 heteroatoms. The second kappa shape index (κ2) is 7.01. The number of para-hydroxylation sites is 2. The molecule has 1 amide bonds. The van der Waals surface area contributed by atoms with Gasteiger partial charge in [0, 0.05) is 18.5 Å². The Morgan fingerprint density at radius 1 is 1.21 bits per heavy atom. The summed E-state index contributed by atoms with van der Waals surface area (Å²) >= 11 is 0. The van der Waals surface area contributed by atoms with Gasteiger partial charge in [-0.05, 0) is 30.7 Å². The highest BCUT2D eigenvalue weighted by Crippen LogP contribution is 2.16. The number of carbonyl (C=O) groups is 1. The van der Waals surface area contributed by atoms with Crippen LogP contribution in [0, 0.1) is 19.3 Å². The zero-order valence-corrected chi connectivity index (χ0v) is 13.6. The normalized spacial score (nSPS) is 10.5. The quantitative estimate of drug-likeness (QED) is 0.736. The number of amides is 1. The van der Waals surface area contributed by atoms with Gasteiger partial charge < -0.3 is 9.88 Å². The number of nitrogens with zero attached hydrogens (tertiary/aromatic N) is 2. The number of aromatic nitrogens is 2. The summed E-state index contributed by atoms with van der Waals surface area (Å²) in [5, 5.41) is 2.96. The third-order valence-electron chi connectivity index (χ3n) is 4.01. The largest absolute Gasteiger partial charge is 0.352 e. The number of nitrogens with one attached hydrogen (secondary N) is 1. The van der Waals surface area contributed by atoms with Crippen molar-refractivity contribution in [3.63, 3.8) is 0 Å². The lowest BCUT2D eigenvalue weighted by Crippen LogP contribution is -2.27. The van der Waals surface area contributed by atoms with Crippen LogP contribution >= 0.6 is 0 Å². The molecule has 0 aliphatic heterocycles. The number of aryl methyl sites for hydroxylation is 1. The minimum Gasteiger partial charge on any atom is -0.352 e. The maximum absolute atomic E-state index is 12.3. The zero-order chi connectivity index (χ0) is 16.9.